The highest BCUT2D eigenvalue weighted by Gasteiger charge is 2.56. The number of aromatic nitrogens is 1. The standard InChI is InChI=1S/C26H40N2O2.C2H4O2.H3N/c1-18-6-7-23-22(16-28-15-19-5-4-12-27-14-19)24(9-11-25(18,23)2)26(3)10-8-21(30)13-20(26)17-29;1-2(3)4;/h4-5,12,14,20-24,28-30H,1,6-11,13,15-17H2,2-3H3;1H3,(H,3,4);1H3/t20-,21+,22-,23?,24?,25+,26+;;/m1../s1. The van der Waals surface area contributed by atoms with Gasteiger partial charge in [0.05, 0.1) is 6.10 Å². The van der Waals surface area contributed by atoms with Crippen LogP contribution in [0.25, 0.3) is 0 Å². The molecule has 4 rings (SSSR count). The Bertz CT molecular complexity index is 831. The number of carbonyl (C=O) groups excluding carboxylic acids is 1. The summed E-state index contributed by atoms with van der Waals surface area (Å²) in [4.78, 5) is 13.1. The van der Waals surface area contributed by atoms with Crippen LogP contribution in [0.2, 0.25) is 0 Å². The molecule has 2 unspecified atom stereocenters. The van der Waals surface area contributed by atoms with Gasteiger partial charge in [0.2, 0.25) is 0 Å². The van der Waals surface area contributed by atoms with Gasteiger partial charge in [-0.1, -0.05) is 32.1 Å². The van der Waals surface area contributed by atoms with E-state index in [-0.39, 0.29) is 35.6 Å². The maximum Gasteiger partial charge on any atom is 0.0544 e. The first-order valence-electron chi connectivity index (χ1n) is 12.9. The van der Waals surface area contributed by atoms with Crippen LogP contribution in [0.4, 0.5) is 0 Å². The number of rotatable bonds is 6. The van der Waals surface area contributed by atoms with Crippen molar-refractivity contribution in [3.05, 3.63) is 42.2 Å². The molecule has 0 aliphatic heterocycles. The van der Waals surface area contributed by atoms with Gasteiger partial charge in [-0.05, 0) is 105 Å². The van der Waals surface area contributed by atoms with Crippen LogP contribution in [-0.4, -0.2) is 40.4 Å². The lowest BCUT2D eigenvalue weighted by atomic mass is 9.49. The van der Waals surface area contributed by atoms with Crippen LogP contribution < -0.4 is 16.6 Å². The van der Waals surface area contributed by atoms with E-state index in [0.717, 1.165) is 45.7 Å². The normalized spacial score (nSPS) is 36.4. The molecule has 7 nitrogen and oxygen atoms in total. The maximum absolute atomic E-state index is 10.3. The van der Waals surface area contributed by atoms with Crippen molar-refractivity contribution in [2.45, 2.75) is 78.4 Å². The fourth-order valence-electron chi connectivity index (χ4n) is 7.35. The van der Waals surface area contributed by atoms with E-state index in [0.29, 0.717) is 17.8 Å². The Hall–Kier alpha value is -1.80. The first kappa shape index (κ1) is 29.4. The Morgan fingerprint density at radius 1 is 1.26 bits per heavy atom. The molecule has 1 aromatic heterocycles. The van der Waals surface area contributed by atoms with Gasteiger partial charge in [-0.3, -0.25) is 4.98 Å². The van der Waals surface area contributed by atoms with Gasteiger partial charge in [-0.2, -0.15) is 0 Å². The van der Waals surface area contributed by atoms with Crippen molar-refractivity contribution in [1.82, 2.24) is 16.5 Å². The number of pyridine rings is 1. The predicted octanol–water partition coefficient (Wildman–Crippen LogP) is 3.46. The summed E-state index contributed by atoms with van der Waals surface area (Å²) < 4.78 is 0. The molecule has 0 bridgehead atoms. The largest absolute Gasteiger partial charge is 0.550 e. The highest BCUT2D eigenvalue weighted by atomic mass is 16.4. The maximum atomic E-state index is 10.3. The number of allylic oxidation sites excluding steroid dienone is 1. The zero-order valence-corrected chi connectivity index (χ0v) is 22.1. The number of quaternary nitrogens is 1. The van der Waals surface area contributed by atoms with Gasteiger partial charge in [-0.15, -0.1) is 0 Å². The predicted molar refractivity (Wildman–Crippen MR) is 137 cm³/mol. The summed E-state index contributed by atoms with van der Waals surface area (Å²) in [7, 11) is 0. The molecule has 198 valence electrons. The number of carboxylic acid groups (broad SMARTS) is 1. The molecule has 7 N–H and O–H groups in total. The van der Waals surface area contributed by atoms with Crippen LogP contribution in [0.1, 0.15) is 71.3 Å². The van der Waals surface area contributed by atoms with Crippen molar-refractivity contribution in [2.24, 2.45) is 34.5 Å². The number of aliphatic hydroxyl groups is 2. The molecule has 7 atom stereocenters. The lowest BCUT2D eigenvalue weighted by molar-refractivity contribution is -0.302. The van der Waals surface area contributed by atoms with Crippen LogP contribution in [0.15, 0.2) is 36.7 Å². The molecule has 3 aliphatic rings. The van der Waals surface area contributed by atoms with E-state index in [1.165, 1.54) is 30.4 Å². The van der Waals surface area contributed by atoms with E-state index in [2.05, 4.69) is 36.8 Å². The molecule has 3 fully saturated rings. The Labute approximate surface area is 211 Å². The molecule has 1 aromatic rings. The minimum absolute atomic E-state index is 0. The van der Waals surface area contributed by atoms with Crippen molar-refractivity contribution < 1.29 is 20.1 Å². The SMILES string of the molecule is C=C1CCC2[C@@H](CNCc3cccnc3)C([C@@]3(C)CC[C@H](O)C[C@@H]3CO)CC[C@@]12C.CC(=O)[O-].[NH4+]. The van der Waals surface area contributed by atoms with Crippen molar-refractivity contribution in [3.63, 3.8) is 0 Å². The van der Waals surface area contributed by atoms with Crippen LogP contribution in [-0.2, 0) is 11.3 Å². The van der Waals surface area contributed by atoms with Crippen molar-refractivity contribution in [3.8, 4) is 0 Å². The van der Waals surface area contributed by atoms with Crippen LogP contribution in [0, 0.1) is 34.5 Å². The number of hydrogen-bond donors (Lipinski definition) is 4. The number of nitrogens with one attached hydrogen (secondary N) is 1. The van der Waals surface area contributed by atoms with E-state index < -0.39 is 5.97 Å². The number of nitrogens with zero attached hydrogens (tertiary/aromatic N) is 1. The van der Waals surface area contributed by atoms with Gasteiger partial charge in [0, 0.05) is 31.5 Å². The average Bonchev–Trinajstić information content (AvgIpc) is 3.10. The molecule has 3 aliphatic carbocycles. The van der Waals surface area contributed by atoms with Gasteiger partial charge >= 0.3 is 0 Å². The quantitative estimate of drug-likeness (QED) is 0.451. The first-order valence-corrected chi connectivity index (χ1v) is 12.9. The van der Waals surface area contributed by atoms with Gasteiger partial charge in [0.25, 0.3) is 0 Å². The highest BCUT2D eigenvalue weighted by molar-refractivity contribution is 5.60. The summed E-state index contributed by atoms with van der Waals surface area (Å²) in [5, 5.41) is 33.1. The van der Waals surface area contributed by atoms with Crippen molar-refractivity contribution >= 4 is 5.97 Å². The van der Waals surface area contributed by atoms with Crippen molar-refractivity contribution in [2.75, 3.05) is 13.2 Å². The summed E-state index contributed by atoms with van der Waals surface area (Å²) in [5.74, 6) is 0.927. The lowest BCUT2D eigenvalue weighted by Gasteiger charge is -2.56. The third-order valence-electron chi connectivity index (χ3n) is 9.40. The third-order valence-corrected chi connectivity index (χ3v) is 9.40. The monoisotopic (exact) mass is 489 g/mol. The number of aliphatic hydroxyl groups excluding tert-OH is 2. The molecule has 3 saturated carbocycles. The van der Waals surface area contributed by atoms with Gasteiger partial charge in [-0.25, -0.2) is 0 Å². The van der Waals surface area contributed by atoms with E-state index in [4.69, 9.17) is 9.90 Å². The summed E-state index contributed by atoms with van der Waals surface area (Å²) >= 11 is 0. The lowest BCUT2D eigenvalue weighted by Crippen LogP contribution is -2.53. The van der Waals surface area contributed by atoms with Crippen LogP contribution in [0.3, 0.4) is 0 Å². The highest BCUT2D eigenvalue weighted by Crippen LogP contribution is 2.63. The molecule has 0 spiro atoms. The fourth-order valence-corrected chi connectivity index (χ4v) is 7.35. The Kier molecular flexibility index (Phi) is 10.5. The molecular weight excluding hydrogens is 442 g/mol. The molecule has 0 amide bonds. The molecule has 0 saturated heterocycles. The fraction of sp³-hybridized carbons (Fsp3) is 0.714. The van der Waals surface area contributed by atoms with Crippen LogP contribution in [0.5, 0.6) is 0 Å². The number of carbonyl (C=O) groups is 1. The zero-order chi connectivity index (χ0) is 24.9. The molecule has 0 radical (unpaired) electrons. The minimum Gasteiger partial charge on any atom is -0.550 e. The zero-order valence-electron chi connectivity index (χ0n) is 22.1. The molecule has 35 heavy (non-hydrogen) atoms. The van der Waals surface area contributed by atoms with Crippen LogP contribution >= 0.6 is 0 Å². The molecule has 0 aromatic carbocycles. The van der Waals surface area contributed by atoms with E-state index >= 15 is 0 Å². The summed E-state index contributed by atoms with van der Waals surface area (Å²) in [6.45, 7) is 12.3. The second-order valence-corrected chi connectivity index (χ2v) is 11.3. The molecule has 7 heteroatoms. The van der Waals surface area contributed by atoms with E-state index in [1.54, 1.807) is 0 Å². The van der Waals surface area contributed by atoms with Crippen molar-refractivity contribution in [1.29, 1.82) is 0 Å². The average molecular weight is 490 g/mol. The number of aliphatic carboxylic acids is 1. The summed E-state index contributed by atoms with van der Waals surface area (Å²) in [6.07, 6.45) is 11.0. The van der Waals surface area contributed by atoms with Gasteiger partial charge in [0.15, 0.2) is 0 Å². The van der Waals surface area contributed by atoms with Gasteiger partial charge < -0.3 is 31.6 Å². The number of carboxylic acids is 1. The Balaban J connectivity index is 0.000000804. The summed E-state index contributed by atoms with van der Waals surface area (Å²) in [5.41, 5.74) is 3.03. The first-order chi connectivity index (χ1) is 16.1. The number of hydrogen-bond acceptors (Lipinski definition) is 6. The topological polar surface area (TPSA) is 142 Å². The minimum atomic E-state index is -1.08. The Morgan fingerprint density at radius 2 is 1.97 bits per heavy atom. The molecule has 1 heterocycles. The summed E-state index contributed by atoms with van der Waals surface area (Å²) in [6, 6.07) is 4.13. The third kappa shape index (κ3) is 6.50. The van der Waals surface area contributed by atoms with E-state index in [1.807, 2.05) is 18.5 Å². The second kappa shape index (κ2) is 12.4. The van der Waals surface area contributed by atoms with Gasteiger partial charge in [0.1, 0.15) is 0 Å². The second-order valence-electron chi connectivity index (χ2n) is 11.3. The number of fused-ring (bicyclic) bond motifs is 1. The van der Waals surface area contributed by atoms with E-state index in [9.17, 15) is 10.2 Å². The molecular formula is C28H47N3O4. The smallest absolute Gasteiger partial charge is 0.0544 e. The Morgan fingerprint density at radius 3 is 2.60 bits per heavy atom.